The van der Waals surface area contributed by atoms with Gasteiger partial charge in [0.05, 0.1) is 46.2 Å². The summed E-state index contributed by atoms with van der Waals surface area (Å²) >= 11 is 0. The summed E-state index contributed by atoms with van der Waals surface area (Å²) < 4.78 is 30.7. The highest BCUT2D eigenvalue weighted by atomic mass is 19.1. The maximum Gasteiger partial charge on any atom is 0.224 e. The van der Waals surface area contributed by atoms with Gasteiger partial charge in [0, 0.05) is 48.7 Å². The molecule has 0 aliphatic carbocycles. The Morgan fingerprint density at radius 2 is 1.74 bits per heavy atom. The molecule has 6 rings (SSSR count). The van der Waals surface area contributed by atoms with Crippen LogP contribution < -0.4 is 10.6 Å². The summed E-state index contributed by atoms with van der Waals surface area (Å²) in [6, 6.07) is 6.32. The Morgan fingerprint density at radius 3 is 2.56 bits per heavy atom. The van der Waals surface area contributed by atoms with E-state index in [0.29, 0.717) is 63.4 Å². The Morgan fingerprint density at radius 1 is 0.930 bits per heavy atom. The Kier molecular flexibility index (Phi) is 7.47. The van der Waals surface area contributed by atoms with Crippen LogP contribution >= 0.6 is 0 Å². The second-order valence-electron chi connectivity index (χ2n) is 10.3. The van der Waals surface area contributed by atoms with Crippen molar-refractivity contribution in [3.63, 3.8) is 0 Å². The van der Waals surface area contributed by atoms with E-state index in [0.717, 1.165) is 6.54 Å². The van der Waals surface area contributed by atoms with Crippen molar-refractivity contribution in [1.82, 2.24) is 40.0 Å². The van der Waals surface area contributed by atoms with Crippen LogP contribution in [0.1, 0.15) is 13.3 Å². The smallest absolute Gasteiger partial charge is 0.224 e. The fourth-order valence-corrected chi connectivity index (χ4v) is 4.76. The number of nitrogens with zero attached hydrogens (tertiary/aromatic N) is 6. The lowest BCUT2D eigenvalue weighted by Gasteiger charge is -2.12. The van der Waals surface area contributed by atoms with Gasteiger partial charge in [0.1, 0.15) is 17.2 Å². The van der Waals surface area contributed by atoms with Crippen LogP contribution in [0.25, 0.3) is 55.8 Å². The van der Waals surface area contributed by atoms with Crippen molar-refractivity contribution in [3.8, 4) is 33.9 Å². The zero-order chi connectivity index (χ0) is 30.1. The lowest BCUT2D eigenvalue weighted by atomic mass is 10.1. The van der Waals surface area contributed by atoms with Crippen LogP contribution in [0.15, 0.2) is 55.2 Å². The summed E-state index contributed by atoms with van der Waals surface area (Å²) in [7, 11) is 3.94. The van der Waals surface area contributed by atoms with E-state index in [2.05, 4.69) is 40.8 Å². The van der Waals surface area contributed by atoms with E-state index in [1.165, 1.54) is 30.7 Å². The molecular weight excluding hydrogens is 554 g/mol. The third kappa shape index (κ3) is 5.62. The first kappa shape index (κ1) is 27.8. The van der Waals surface area contributed by atoms with Gasteiger partial charge in [-0.3, -0.25) is 24.8 Å². The fourth-order valence-electron chi connectivity index (χ4n) is 4.76. The summed E-state index contributed by atoms with van der Waals surface area (Å²) in [5.74, 6) is -0.909. The maximum atomic E-state index is 16.1. The number of hydrogen-bond acceptors (Lipinski definition) is 8. The van der Waals surface area contributed by atoms with Crippen LogP contribution in [0.3, 0.4) is 0 Å². The maximum absolute atomic E-state index is 16.1. The molecule has 5 aromatic heterocycles. The van der Waals surface area contributed by atoms with Crippen molar-refractivity contribution in [2.75, 3.05) is 37.8 Å². The van der Waals surface area contributed by atoms with E-state index < -0.39 is 11.6 Å². The van der Waals surface area contributed by atoms with Crippen LogP contribution in [0.4, 0.5) is 20.2 Å². The Labute approximate surface area is 244 Å². The number of anilines is 2. The first-order chi connectivity index (χ1) is 20.8. The highest BCUT2D eigenvalue weighted by Gasteiger charge is 2.22. The molecule has 0 saturated heterocycles. The average Bonchev–Trinajstić information content (AvgIpc) is 3.62. The minimum atomic E-state index is -0.626. The SMILES string of the molecule is CCC(=O)Nc1cncc(-c2ncc3[nH]nc(-c4nc5c(-c6cc(F)cc(NCCN(C)C)c6)cncc5[nH]4)c3c2F)c1. The molecule has 11 nitrogen and oxygen atoms in total. The molecule has 0 fully saturated rings. The van der Waals surface area contributed by atoms with Crippen molar-refractivity contribution in [1.29, 1.82) is 0 Å². The van der Waals surface area contributed by atoms with E-state index in [9.17, 15) is 9.18 Å². The topological polar surface area (TPSA) is 140 Å². The number of fused-ring (bicyclic) bond motifs is 2. The van der Waals surface area contributed by atoms with Crippen LogP contribution in [-0.2, 0) is 4.79 Å². The van der Waals surface area contributed by atoms with Gasteiger partial charge in [-0.05, 0) is 43.9 Å². The fraction of sp³-hybridized carbons (Fsp3) is 0.200. The van der Waals surface area contributed by atoms with E-state index >= 15 is 4.39 Å². The molecule has 0 atom stereocenters. The van der Waals surface area contributed by atoms with Gasteiger partial charge in [0.2, 0.25) is 5.91 Å². The van der Waals surface area contributed by atoms with E-state index in [4.69, 9.17) is 4.98 Å². The second-order valence-corrected chi connectivity index (χ2v) is 10.3. The van der Waals surface area contributed by atoms with Crippen molar-refractivity contribution in [2.45, 2.75) is 13.3 Å². The molecule has 0 saturated carbocycles. The van der Waals surface area contributed by atoms with E-state index in [1.807, 2.05) is 25.1 Å². The van der Waals surface area contributed by atoms with E-state index in [1.54, 1.807) is 25.4 Å². The zero-order valence-corrected chi connectivity index (χ0v) is 23.7. The Bertz CT molecular complexity index is 1970. The average molecular weight is 583 g/mol. The number of hydrogen-bond donors (Lipinski definition) is 4. The molecule has 0 aliphatic rings. The third-order valence-corrected chi connectivity index (χ3v) is 6.88. The van der Waals surface area contributed by atoms with Crippen molar-refractivity contribution < 1.29 is 13.6 Å². The number of H-pyrrole nitrogens is 2. The van der Waals surface area contributed by atoms with Gasteiger partial charge < -0.3 is 20.5 Å². The van der Waals surface area contributed by atoms with Crippen molar-refractivity contribution in [2.24, 2.45) is 0 Å². The summed E-state index contributed by atoms with van der Waals surface area (Å²) in [5, 5.41) is 13.3. The van der Waals surface area contributed by atoms with Crippen LogP contribution in [0.5, 0.6) is 0 Å². The highest BCUT2D eigenvalue weighted by Crippen LogP contribution is 2.35. The van der Waals surface area contributed by atoms with E-state index in [-0.39, 0.29) is 22.7 Å². The van der Waals surface area contributed by atoms with Crippen LogP contribution in [-0.4, -0.2) is 73.1 Å². The number of halogens is 2. The van der Waals surface area contributed by atoms with Gasteiger partial charge in [-0.1, -0.05) is 6.92 Å². The largest absolute Gasteiger partial charge is 0.384 e. The lowest BCUT2D eigenvalue weighted by molar-refractivity contribution is -0.115. The monoisotopic (exact) mass is 582 g/mol. The summed E-state index contributed by atoms with van der Waals surface area (Å²) in [5.41, 5.74) is 4.43. The van der Waals surface area contributed by atoms with Gasteiger partial charge in [-0.15, -0.1) is 0 Å². The normalized spacial score (nSPS) is 11.5. The first-order valence-electron chi connectivity index (χ1n) is 13.6. The second kappa shape index (κ2) is 11.5. The number of aromatic nitrogens is 7. The number of amides is 1. The molecule has 5 heterocycles. The third-order valence-electron chi connectivity index (χ3n) is 6.88. The summed E-state index contributed by atoms with van der Waals surface area (Å²) in [6.07, 6.45) is 7.95. The Hall–Kier alpha value is -5.30. The number of carbonyl (C=O) groups is 1. The molecular formula is C30H28F2N10O. The molecule has 4 N–H and O–H groups in total. The number of imidazole rings is 1. The molecule has 0 bridgehead atoms. The van der Waals surface area contributed by atoms with Crippen molar-refractivity contribution in [3.05, 3.63) is 66.9 Å². The number of aromatic amines is 2. The number of rotatable bonds is 9. The van der Waals surface area contributed by atoms with Crippen LogP contribution in [0, 0.1) is 11.6 Å². The lowest BCUT2D eigenvalue weighted by Crippen LogP contribution is -2.20. The molecule has 13 heteroatoms. The highest BCUT2D eigenvalue weighted by molar-refractivity contribution is 5.98. The molecule has 0 radical (unpaired) electrons. The molecule has 0 spiro atoms. The summed E-state index contributed by atoms with van der Waals surface area (Å²) in [6.45, 7) is 3.17. The minimum Gasteiger partial charge on any atom is -0.384 e. The molecule has 0 unspecified atom stereocenters. The molecule has 218 valence electrons. The number of pyridine rings is 3. The van der Waals surface area contributed by atoms with Gasteiger partial charge >= 0.3 is 0 Å². The quantitative estimate of drug-likeness (QED) is 0.182. The van der Waals surface area contributed by atoms with Gasteiger partial charge in [-0.2, -0.15) is 5.10 Å². The molecule has 43 heavy (non-hydrogen) atoms. The molecule has 1 amide bonds. The predicted octanol–water partition coefficient (Wildman–Crippen LogP) is 5.23. The number of likely N-dealkylation sites (N-methyl/N-ethyl adjacent to an activating group) is 1. The first-order valence-corrected chi connectivity index (χ1v) is 13.6. The van der Waals surface area contributed by atoms with Crippen LogP contribution in [0.2, 0.25) is 0 Å². The predicted molar refractivity (Wildman–Crippen MR) is 161 cm³/mol. The molecule has 6 aromatic rings. The summed E-state index contributed by atoms with van der Waals surface area (Å²) in [4.78, 5) is 34.6. The van der Waals surface area contributed by atoms with Gasteiger partial charge in [-0.25, -0.2) is 13.8 Å². The van der Waals surface area contributed by atoms with Gasteiger partial charge in [0.25, 0.3) is 0 Å². The van der Waals surface area contributed by atoms with Crippen molar-refractivity contribution >= 4 is 39.2 Å². The standard InChI is InChI=1S/C30H28F2N10O/c1-4-24(43)37-20-9-17(11-33-12-20)27-26(32)25-22(15-36-27)40-41-29(25)30-38-23-14-34-13-21(28(23)39-30)16-7-18(31)10-19(8-16)35-5-6-42(2)3/h7-15,35H,4-6H2,1-3H3,(H,37,43)(H,38,39)(H,40,41). The molecule has 1 aromatic carbocycles. The Balaban J connectivity index is 1.40. The zero-order valence-electron chi connectivity index (χ0n) is 23.7. The number of carbonyl (C=O) groups excluding carboxylic acids is 1. The number of nitrogens with one attached hydrogen (secondary N) is 4. The number of benzene rings is 1. The van der Waals surface area contributed by atoms with Gasteiger partial charge in [0.15, 0.2) is 11.6 Å². The molecule has 0 aliphatic heterocycles. The minimum absolute atomic E-state index is 0.0442.